The van der Waals surface area contributed by atoms with Crippen molar-refractivity contribution >= 4 is 17.7 Å². The monoisotopic (exact) mass is 389 g/mol. The van der Waals surface area contributed by atoms with E-state index in [0.717, 1.165) is 0 Å². The molecule has 150 valence electrons. The maximum Gasteiger partial charge on any atom is 0.288 e. The van der Waals surface area contributed by atoms with Crippen molar-refractivity contribution in [2.75, 3.05) is 39.5 Å². The van der Waals surface area contributed by atoms with E-state index in [2.05, 4.69) is 26.0 Å². The molecule has 14 heteroatoms. The molecule has 0 aromatic heterocycles. The molecule has 0 aliphatic rings. The maximum atomic E-state index is 11.3. The van der Waals surface area contributed by atoms with Gasteiger partial charge in [-0.3, -0.25) is 14.4 Å². The minimum absolute atomic E-state index is 0.0307. The normalized spacial score (nSPS) is 10.8. The minimum Gasteiger partial charge on any atom is -0.378 e. The van der Waals surface area contributed by atoms with Crippen LogP contribution in [0.2, 0.25) is 0 Å². The molecule has 0 aliphatic carbocycles. The number of carbonyl (C=O) groups excluding carboxylic acids is 3. The number of nitrogens with one attached hydrogen (secondary N) is 1. The number of rotatable bonds is 16. The minimum atomic E-state index is -1.49. The SMILES string of the molecule is O=NC(=O)CCNCC(COCCC(=O)N=O)(COCCC(=O)N=O)N=O. The molecule has 0 spiro atoms. The number of amides is 3. The van der Waals surface area contributed by atoms with Crippen LogP contribution in [0.3, 0.4) is 0 Å². The highest BCUT2D eigenvalue weighted by molar-refractivity contribution is 5.77. The van der Waals surface area contributed by atoms with Crippen molar-refractivity contribution in [3.8, 4) is 0 Å². The molecule has 3 amide bonds. The third-order valence-corrected chi connectivity index (χ3v) is 3.13. The highest BCUT2D eigenvalue weighted by Crippen LogP contribution is 2.13. The first kappa shape index (κ1) is 24.3. The Balaban J connectivity index is 4.62. The molecular weight excluding hydrogens is 370 g/mol. The Morgan fingerprint density at radius 2 is 1.19 bits per heavy atom. The first-order valence-electron chi connectivity index (χ1n) is 7.72. The molecule has 0 bridgehead atoms. The van der Waals surface area contributed by atoms with Crippen LogP contribution in [0.25, 0.3) is 0 Å². The average molecular weight is 389 g/mol. The van der Waals surface area contributed by atoms with Gasteiger partial charge in [-0.25, -0.2) is 0 Å². The van der Waals surface area contributed by atoms with Gasteiger partial charge in [-0.2, -0.15) is 0 Å². The summed E-state index contributed by atoms with van der Waals surface area (Å²) >= 11 is 0. The predicted octanol–water partition coefficient (Wildman–Crippen LogP) is 0.164. The van der Waals surface area contributed by atoms with E-state index >= 15 is 0 Å². The molecule has 14 nitrogen and oxygen atoms in total. The Labute approximate surface area is 152 Å². The van der Waals surface area contributed by atoms with Gasteiger partial charge >= 0.3 is 0 Å². The Hall–Kier alpha value is -2.71. The van der Waals surface area contributed by atoms with Crippen molar-refractivity contribution in [2.45, 2.75) is 24.8 Å². The standard InChI is InChI=1S/C13H19N5O9/c19-10(15-22)1-4-14-7-13(18-25,8-26-5-2-11(20)16-23)9-27-6-3-12(21)17-24/h14H,1-9H2. The van der Waals surface area contributed by atoms with Crippen LogP contribution in [0.15, 0.2) is 20.7 Å². The number of nitrogens with zero attached hydrogens (tertiary/aromatic N) is 4. The molecule has 0 unspecified atom stereocenters. The lowest BCUT2D eigenvalue weighted by molar-refractivity contribution is -0.119. The summed E-state index contributed by atoms with van der Waals surface area (Å²) in [5.74, 6) is -2.72. The lowest BCUT2D eigenvalue weighted by atomic mass is 10.0. The van der Waals surface area contributed by atoms with Crippen molar-refractivity contribution in [3.05, 3.63) is 19.6 Å². The van der Waals surface area contributed by atoms with Crippen LogP contribution in [-0.4, -0.2) is 62.8 Å². The van der Waals surface area contributed by atoms with E-state index in [1.165, 1.54) is 0 Å². The Morgan fingerprint density at radius 1 is 0.741 bits per heavy atom. The van der Waals surface area contributed by atoms with Gasteiger partial charge < -0.3 is 14.8 Å². The third-order valence-electron chi connectivity index (χ3n) is 3.13. The van der Waals surface area contributed by atoms with Gasteiger partial charge in [0.05, 0.1) is 39.3 Å². The van der Waals surface area contributed by atoms with Gasteiger partial charge in [0.25, 0.3) is 17.7 Å². The second-order valence-electron chi connectivity index (χ2n) is 5.30. The van der Waals surface area contributed by atoms with Crippen molar-refractivity contribution in [2.24, 2.45) is 20.7 Å². The highest BCUT2D eigenvalue weighted by Gasteiger charge is 2.33. The molecule has 0 saturated heterocycles. The predicted molar refractivity (Wildman–Crippen MR) is 89.3 cm³/mol. The summed E-state index contributed by atoms with van der Waals surface area (Å²) in [5, 5.41) is 12.3. The number of carbonyl (C=O) groups is 3. The van der Waals surface area contributed by atoms with Crippen LogP contribution < -0.4 is 5.32 Å². The van der Waals surface area contributed by atoms with Crippen LogP contribution in [0.4, 0.5) is 0 Å². The first-order valence-corrected chi connectivity index (χ1v) is 7.72. The zero-order chi connectivity index (χ0) is 20.5. The fourth-order valence-corrected chi connectivity index (χ4v) is 1.73. The molecular formula is C13H19N5O9. The van der Waals surface area contributed by atoms with E-state index < -0.39 is 23.3 Å². The summed E-state index contributed by atoms with van der Waals surface area (Å²) in [6, 6.07) is 0. The van der Waals surface area contributed by atoms with Gasteiger partial charge in [0.1, 0.15) is 0 Å². The number of ether oxygens (including phenoxy) is 2. The quantitative estimate of drug-likeness (QED) is 0.280. The lowest BCUT2D eigenvalue weighted by Gasteiger charge is -2.26. The zero-order valence-electron chi connectivity index (χ0n) is 14.3. The van der Waals surface area contributed by atoms with E-state index in [9.17, 15) is 34.0 Å². The van der Waals surface area contributed by atoms with Crippen molar-refractivity contribution in [3.63, 3.8) is 0 Å². The molecule has 0 saturated carbocycles. The average Bonchev–Trinajstić information content (AvgIpc) is 2.70. The zero-order valence-corrected chi connectivity index (χ0v) is 14.3. The summed E-state index contributed by atoms with van der Waals surface area (Å²) in [6.07, 6.45) is -0.767. The largest absolute Gasteiger partial charge is 0.378 e. The Bertz CT molecular complexity index is 485. The summed E-state index contributed by atoms with van der Waals surface area (Å²) in [5.41, 5.74) is -1.49. The van der Waals surface area contributed by atoms with Gasteiger partial charge in [-0.1, -0.05) is 5.18 Å². The fraction of sp³-hybridized carbons (Fsp3) is 0.769. The molecule has 0 aromatic carbocycles. The van der Waals surface area contributed by atoms with Gasteiger partial charge in [0, 0.05) is 35.0 Å². The lowest BCUT2D eigenvalue weighted by Crippen LogP contribution is -2.47. The number of hydrogen-bond donors (Lipinski definition) is 1. The Kier molecular flexibility index (Phi) is 13.0. The second-order valence-corrected chi connectivity index (χ2v) is 5.30. The van der Waals surface area contributed by atoms with Gasteiger partial charge in [0.15, 0.2) is 5.54 Å². The molecule has 1 N–H and O–H groups in total. The van der Waals surface area contributed by atoms with Crippen LogP contribution >= 0.6 is 0 Å². The van der Waals surface area contributed by atoms with Crippen molar-refractivity contribution in [1.29, 1.82) is 0 Å². The van der Waals surface area contributed by atoms with Crippen molar-refractivity contribution < 1.29 is 23.9 Å². The van der Waals surface area contributed by atoms with Crippen molar-refractivity contribution in [1.82, 2.24) is 5.32 Å². The highest BCUT2D eigenvalue weighted by atomic mass is 16.5. The summed E-state index contributed by atoms with van der Waals surface area (Å²) < 4.78 is 10.3. The van der Waals surface area contributed by atoms with Crippen LogP contribution in [-0.2, 0) is 23.9 Å². The molecule has 0 aromatic rings. The Morgan fingerprint density at radius 3 is 1.59 bits per heavy atom. The van der Waals surface area contributed by atoms with E-state index in [-0.39, 0.29) is 58.8 Å². The summed E-state index contributed by atoms with van der Waals surface area (Å²) in [6.45, 7) is -1.10. The summed E-state index contributed by atoms with van der Waals surface area (Å²) in [7, 11) is 0. The fourth-order valence-electron chi connectivity index (χ4n) is 1.73. The number of hydrogen-bond acceptors (Lipinski definition) is 11. The second kappa shape index (κ2) is 14.5. The number of nitroso groups, excluding NO2 is 4. The van der Waals surface area contributed by atoms with Crippen LogP contribution in [0.1, 0.15) is 19.3 Å². The molecule has 0 atom stereocenters. The van der Waals surface area contributed by atoms with Gasteiger partial charge in [-0.15, -0.1) is 19.6 Å². The molecule has 0 radical (unpaired) electrons. The molecule has 0 fully saturated rings. The molecule has 0 heterocycles. The van der Waals surface area contributed by atoms with Crippen LogP contribution in [0.5, 0.6) is 0 Å². The molecule has 0 rings (SSSR count). The molecule has 0 aliphatic heterocycles. The van der Waals surface area contributed by atoms with Gasteiger partial charge in [0.2, 0.25) is 0 Å². The van der Waals surface area contributed by atoms with Crippen LogP contribution in [0, 0.1) is 19.6 Å². The first-order chi connectivity index (χ1) is 12.9. The smallest absolute Gasteiger partial charge is 0.288 e. The van der Waals surface area contributed by atoms with Gasteiger partial charge in [-0.05, 0) is 0 Å². The van der Waals surface area contributed by atoms with E-state index in [0.29, 0.717) is 0 Å². The summed E-state index contributed by atoms with van der Waals surface area (Å²) in [4.78, 5) is 73.7. The molecule has 27 heavy (non-hydrogen) atoms. The third kappa shape index (κ3) is 11.5. The van der Waals surface area contributed by atoms with E-state index in [4.69, 9.17) is 9.47 Å². The topological polar surface area (TPSA) is 199 Å². The van der Waals surface area contributed by atoms with E-state index in [1.54, 1.807) is 0 Å². The maximum absolute atomic E-state index is 11.3. The van der Waals surface area contributed by atoms with E-state index in [1.807, 2.05) is 0 Å².